The van der Waals surface area contributed by atoms with Gasteiger partial charge in [-0.3, -0.25) is 0 Å². The lowest BCUT2D eigenvalue weighted by Gasteiger charge is -2.34. The van der Waals surface area contributed by atoms with Gasteiger partial charge in [0, 0.05) is 5.92 Å². The molecule has 2 fully saturated rings. The van der Waals surface area contributed by atoms with Gasteiger partial charge in [-0.05, 0) is 31.6 Å². The van der Waals surface area contributed by atoms with Crippen molar-refractivity contribution in [3.63, 3.8) is 0 Å². The van der Waals surface area contributed by atoms with Gasteiger partial charge in [-0.2, -0.15) is 0 Å². The SMILES string of the molecule is C=CCC1CCC(C2OCCO2)CC1O. The van der Waals surface area contributed by atoms with E-state index in [-0.39, 0.29) is 12.4 Å². The number of hydrogen-bond donors (Lipinski definition) is 1. The molecule has 1 saturated heterocycles. The number of ether oxygens (including phenoxy) is 2. The monoisotopic (exact) mass is 212 g/mol. The minimum absolute atomic E-state index is 0.0654. The molecule has 0 bridgehead atoms. The fourth-order valence-corrected chi connectivity index (χ4v) is 2.63. The van der Waals surface area contributed by atoms with Gasteiger partial charge in [0.15, 0.2) is 6.29 Å². The Labute approximate surface area is 91.1 Å². The lowest BCUT2D eigenvalue weighted by Crippen LogP contribution is -2.35. The summed E-state index contributed by atoms with van der Waals surface area (Å²) in [6.07, 6.45) is 5.50. The third-order valence-electron chi connectivity index (χ3n) is 3.50. The van der Waals surface area contributed by atoms with Gasteiger partial charge in [-0.15, -0.1) is 6.58 Å². The van der Waals surface area contributed by atoms with Crippen LogP contribution in [0.3, 0.4) is 0 Å². The quantitative estimate of drug-likeness (QED) is 0.724. The second-order valence-corrected chi connectivity index (χ2v) is 4.53. The van der Waals surface area contributed by atoms with Gasteiger partial charge in [0.2, 0.25) is 0 Å². The predicted molar refractivity (Wildman–Crippen MR) is 57.3 cm³/mol. The zero-order chi connectivity index (χ0) is 10.7. The summed E-state index contributed by atoms with van der Waals surface area (Å²) in [5.41, 5.74) is 0. The Kier molecular flexibility index (Phi) is 3.78. The van der Waals surface area contributed by atoms with E-state index in [1.54, 1.807) is 0 Å². The van der Waals surface area contributed by atoms with Gasteiger partial charge in [0.25, 0.3) is 0 Å². The minimum Gasteiger partial charge on any atom is -0.393 e. The third-order valence-corrected chi connectivity index (χ3v) is 3.50. The van der Waals surface area contributed by atoms with Crippen molar-refractivity contribution in [3.05, 3.63) is 12.7 Å². The molecule has 1 saturated carbocycles. The molecule has 3 unspecified atom stereocenters. The lowest BCUT2D eigenvalue weighted by molar-refractivity contribution is -0.112. The lowest BCUT2D eigenvalue weighted by atomic mass is 9.78. The van der Waals surface area contributed by atoms with Gasteiger partial charge in [-0.1, -0.05) is 6.08 Å². The Hall–Kier alpha value is -0.380. The van der Waals surface area contributed by atoms with Crippen molar-refractivity contribution in [1.29, 1.82) is 0 Å². The molecule has 3 heteroatoms. The van der Waals surface area contributed by atoms with Crippen molar-refractivity contribution in [2.24, 2.45) is 11.8 Å². The average Bonchev–Trinajstić information content (AvgIpc) is 2.74. The molecule has 0 aromatic carbocycles. The van der Waals surface area contributed by atoms with E-state index in [1.807, 2.05) is 6.08 Å². The fourth-order valence-electron chi connectivity index (χ4n) is 2.63. The summed E-state index contributed by atoms with van der Waals surface area (Å²) in [4.78, 5) is 0. The minimum atomic E-state index is -0.213. The van der Waals surface area contributed by atoms with E-state index in [1.165, 1.54) is 0 Å². The third kappa shape index (κ3) is 2.60. The molecule has 86 valence electrons. The Bertz CT molecular complexity index is 211. The van der Waals surface area contributed by atoms with Crippen LogP contribution in [-0.2, 0) is 9.47 Å². The first-order valence-electron chi connectivity index (χ1n) is 5.83. The molecular weight excluding hydrogens is 192 g/mol. The fraction of sp³-hybridized carbons (Fsp3) is 0.833. The van der Waals surface area contributed by atoms with Gasteiger partial charge in [0.1, 0.15) is 0 Å². The van der Waals surface area contributed by atoms with Crippen LogP contribution in [0, 0.1) is 11.8 Å². The molecule has 3 atom stereocenters. The molecule has 0 amide bonds. The molecule has 1 N–H and O–H groups in total. The Morgan fingerprint density at radius 2 is 2.00 bits per heavy atom. The Balaban J connectivity index is 1.84. The molecule has 2 rings (SSSR count). The van der Waals surface area contributed by atoms with Crippen LogP contribution in [0.2, 0.25) is 0 Å². The van der Waals surface area contributed by atoms with Gasteiger partial charge in [-0.25, -0.2) is 0 Å². The van der Waals surface area contributed by atoms with Crippen molar-refractivity contribution < 1.29 is 14.6 Å². The maximum atomic E-state index is 9.97. The summed E-state index contributed by atoms with van der Waals surface area (Å²) >= 11 is 0. The molecule has 0 aromatic heterocycles. The molecule has 15 heavy (non-hydrogen) atoms. The maximum Gasteiger partial charge on any atom is 0.160 e. The molecule has 1 heterocycles. The summed E-state index contributed by atoms with van der Waals surface area (Å²) in [5.74, 6) is 0.767. The summed E-state index contributed by atoms with van der Waals surface area (Å²) in [6, 6.07) is 0. The summed E-state index contributed by atoms with van der Waals surface area (Å²) in [5, 5.41) is 9.97. The first-order chi connectivity index (χ1) is 7.31. The first-order valence-corrected chi connectivity index (χ1v) is 5.83. The van der Waals surface area contributed by atoms with Crippen LogP contribution >= 0.6 is 0 Å². The predicted octanol–water partition coefficient (Wildman–Crippen LogP) is 1.71. The maximum absolute atomic E-state index is 9.97. The Morgan fingerprint density at radius 3 is 2.60 bits per heavy atom. The van der Waals surface area contributed by atoms with E-state index in [0.29, 0.717) is 25.0 Å². The molecule has 0 aromatic rings. The second-order valence-electron chi connectivity index (χ2n) is 4.53. The highest BCUT2D eigenvalue weighted by Crippen LogP contribution is 2.35. The normalized spacial score (nSPS) is 38.1. The highest BCUT2D eigenvalue weighted by Gasteiger charge is 2.35. The summed E-state index contributed by atoms with van der Waals surface area (Å²) in [6.45, 7) is 5.13. The van der Waals surface area contributed by atoms with Crippen LogP contribution in [0.15, 0.2) is 12.7 Å². The van der Waals surface area contributed by atoms with E-state index >= 15 is 0 Å². The van der Waals surface area contributed by atoms with E-state index in [0.717, 1.165) is 25.7 Å². The molecule has 2 aliphatic rings. The number of hydrogen-bond acceptors (Lipinski definition) is 3. The average molecular weight is 212 g/mol. The number of rotatable bonds is 3. The number of aliphatic hydroxyl groups excluding tert-OH is 1. The smallest absolute Gasteiger partial charge is 0.160 e. The summed E-state index contributed by atoms with van der Waals surface area (Å²) in [7, 11) is 0. The number of allylic oxidation sites excluding steroid dienone is 1. The van der Waals surface area contributed by atoms with Gasteiger partial charge in [0.05, 0.1) is 19.3 Å². The number of aliphatic hydroxyl groups is 1. The van der Waals surface area contributed by atoms with Crippen LogP contribution in [0.1, 0.15) is 25.7 Å². The molecule has 1 aliphatic heterocycles. The zero-order valence-electron chi connectivity index (χ0n) is 9.10. The van der Waals surface area contributed by atoms with E-state index < -0.39 is 0 Å². The molecule has 0 spiro atoms. The molecular formula is C12H20O3. The van der Waals surface area contributed by atoms with Crippen molar-refractivity contribution in [2.45, 2.75) is 38.1 Å². The zero-order valence-corrected chi connectivity index (χ0v) is 9.10. The van der Waals surface area contributed by atoms with Gasteiger partial charge < -0.3 is 14.6 Å². The topological polar surface area (TPSA) is 38.7 Å². The summed E-state index contributed by atoms with van der Waals surface area (Å²) < 4.78 is 11.0. The molecule has 3 nitrogen and oxygen atoms in total. The van der Waals surface area contributed by atoms with Crippen molar-refractivity contribution in [2.75, 3.05) is 13.2 Å². The van der Waals surface area contributed by atoms with Crippen molar-refractivity contribution in [1.82, 2.24) is 0 Å². The van der Waals surface area contributed by atoms with Crippen molar-refractivity contribution >= 4 is 0 Å². The molecule has 1 aliphatic carbocycles. The Morgan fingerprint density at radius 1 is 1.27 bits per heavy atom. The second kappa shape index (κ2) is 5.10. The van der Waals surface area contributed by atoms with Crippen molar-refractivity contribution in [3.8, 4) is 0 Å². The van der Waals surface area contributed by atoms with E-state index in [2.05, 4.69) is 6.58 Å². The van der Waals surface area contributed by atoms with Crippen LogP contribution in [0.4, 0.5) is 0 Å². The first kappa shape index (κ1) is 11.1. The van der Waals surface area contributed by atoms with E-state index in [9.17, 15) is 5.11 Å². The van der Waals surface area contributed by atoms with Crippen LogP contribution in [-0.4, -0.2) is 30.7 Å². The van der Waals surface area contributed by atoms with E-state index in [4.69, 9.17) is 9.47 Å². The largest absolute Gasteiger partial charge is 0.393 e. The molecule has 0 radical (unpaired) electrons. The van der Waals surface area contributed by atoms with Crippen LogP contribution in [0.25, 0.3) is 0 Å². The van der Waals surface area contributed by atoms with Gasteiger partial charge >= 0.3 is 0 Å². The highest BCUT2D eigenvalue weighted by molar-refractivity contribution is 4.85. The standard InChI is InChI=1S/C12H20O3/c1-2-3-9-4-5-10(8-11(9)13)12-14-6-7-15-12/h2,9-13H,1,3-8H2. The van der Waals surface area contributed by atoms with Crippen LogP contribution in [0.5, 0.6) is 0 Å². The highest BCUT2D eigenvalue weighted by atomic mass is 16.7. The van der Waals surface area contributed by atoms with Crippen LogP contribution < -0.4 is 0 Å².